The molecule has 0 radical (unpaired) electrons. The van der Waals surface area contributed by atoms with Crippen LogP contribution in [0.15, 0.2) is 18.2 Å². The molecular formula is C14H17FN2O2. The molecule has 0 bridgehead atoms. The van der Waals surface area contributed by atoms with E-state index in [1.165, 1.54) is 6.07 Å². The number of carbonyl (C=O) groups is 2. The zero-order valence-electron chi connectivity index (χ0n) is 11.0. The Bertz CT molecular complexity index is 514. The summed E-state index contributed by atoms with van der Waals surface area (Å²) in [5.74, 6) is -0.790. The maximum Gasteiger partial charge on any atom is 0.249 e. The minimum atomic E-state index is -0.561. The molecule has 4 nitrogen and oxygen atoms in total. The van der Waals surface area contributed by atoms with E-state index in [0.29, 0.717) is 12.1 Å². The van der Waals surface area contributed by atoms with Crippen LogP contribution >= 0.6 is 0 Å². The molecule has 0 spiro atoms. The van der Waals surface area contributed by atoms with Gasteiger partial charge in [0, 0.05) is 6.42 Å². The van der Waals surface area contributed by atoms with E-state index < -0.39 is 17.8 Å². The van der Waals surface area contributed by atoms with E-state index >= 15 is 0 Å². The van der Waals surface area contributed by atoms with Crippen molar-refractivity contribution in [1.29, 1.82) is 0 Å². The first kappa shape index (κ1) is 13.5. The molecule has 19 heavy (non-hydrogen) atoms. The highest BCUT2D eigenvalue weighted by atomic mass is 19.1. The van der Waals surface area contributed by atoms with Crippen LogP contribution < -0.4 is 10.6 Å². The molecule has 1 aromatic carbocycles. The normalized spacial score (nSPS) is 19.5. The zero-order chi connectivity index (χ0) is 14.0. The molecule has 0 aliphatic carbocycles. The van der Waals surface area contributed by atoms with Gasteiger partial charge in [0.1, 0.15) is 11.9 Å². The zero-order valence-corrected chi connectivity index (χ0v) is 11.0. The van der Waals surface area contributed by atoms with E-state index in [2.05, 4.69) is 10.6 Å². The van der Waals surface area contributed by atoms with E-state index in [-0.39, 0.29) is 18.2 Å². The van der Waals surface area contributed by atoms with Gasteiger partial charge in [-0.15, -0.1) is 0 Å². The molecule has 1 fully saturated rings. The highest BCUT2D eigenvalue weighted by Gasteiger charge is 2.27. The molecule has 1 aliphatic heterocycles. The highest BCUT2D eigenvalue weighted by molar-refractivity contribution is 6.01. The maximum absolute atomic E-state index is 13.7. The van der Waals surface area contributed by atoms with Crippen LogP contribution in [0.3, 0.4) is 0 Å². The third-order valence-corrected chi connectivity index (χ3v) is 3.23. The first-order valence-corrected chi connectivity index (χ1v) is 6.37. The quantitative estimate of drug-likeness (QED) is 0.823. The van der Waals surface area contributed by atoms with Crippen LogP contribution in [0.25, 0.3) is 0 Å². The summed E-state index contributed by atoms with van der Waals surface area (Å²) in [6, 6.07) is 4.28. The summed E-state index contributed by atoms with van der Waals surface area (Å²) in [7, 11) is 0. The highest BCUT2D eigenvalue weighted by Crippen LogP contribution is 2.23. The van der Waals surface area contributed by atoms with Gasteiger partial charge >= 0.3 is 0 Å². The van der Waals surface area contributed by atoms with Crippen LogP contribution in [0, 0.1) is 5.82 Å². The standard InChI is InChI=1S/C14H17FN2O2/c1-8(2)9-3-4-10(15)12(7-9)16-11-5-6-13(18)17-14(11)19/h3-4,7-8,11,16H,5-6H2,1-2H3,(H,17,18,19)/t11-/m1/s1. The summed E-state index contributed by atoms with van der Waals surface area (Å²) in [5.41, 5.74) is 1.30. The molecule has 102 valence electrons. The second-order valence-electron chi connectivity index (χ2n) is 5.04. The molecule has 0 aromatic heterocycles. The van der Waals surface area contributed by atoms with Gasteiger partial charge in [-0.05, 0) is 30.0 Å². The lowest BCUT2D eigenvalue weighted by molar-refractivity contribution is -0.133. The Hall–Kier alpha value is -1.91. The van der Waals surface area contributed by atoms with Crippen molar-refractivity contribution in [3.8, 4) is 0 Å². The third kappa shape index (κ3) is 3.10. The van der Waals surface area contributed by atoms with Crippen LogP contribution in [0.1, 0.15) is 38.2 Å². The second kappa shape index (κ2) is 5.38. The lowest BCUT2D eigenvalue weighted by Crippen LogP contribution is -2.47. The van der Waals surface area contributed by atoms with Crippen LogP contribution in [0.2, 0.25) is 0 Å². The first-order chi connectivity index (χ1) is 8.97. The number of piperidine rings is 1. The summed E-state index contributed by atoms with van der Waals surface area (Å²) in [6.07, 6.45) is 0.658. The summed E-state index contributed by atoms with van der Waals surface area (Å²) in [6.45, 7) is 4.03. The Kier molecular flexibility index (Phi) is 3.83. The summed E-state index contributed by atoms with van der Waals surface area (Å²) >= 11 is 0. The number of anilines is 1. The number of carbonyl (C=O) groups excluding carboxylic acids is 2. The number of hydrogen-bond donors (Lipinski definition) is 2. The van der Waals surface area contributed by atoms with Gasteiger partial charge in [-0.25, -0.2) is 4.39 Å². The number of halogens is 1. The van der Waals surface area contributed by atoms with Crippen molar-refractivity contribution in [2.45, 2.75) is 38.6 Å². The Morgan fingerprint density at radius 3 is 2.74 bits per heavy atom. The van der Waals surface area contributed by atoms with E-state index in [4.69, 9.17) is 0 Å². The molecule has 1 heterocycles. The lowest BCUT2D eigenvalue weighted by atomic mass is 10.0. The van der Waals surface area contributed by atoms with E-state index in [1.54, 1.807) is 12.1 Å². The van der Waals surface area contributed by atoms with Gasteiger partial charge < -0.3 is 5.32 Å². The van der Waals surface area contributed by atoms with Gasteiger partial charge in [0.25, 0.3) is 0 Å². The molecule has 1 saturated heterocycles. The number of nitrogens with one attached hydrogen (secondary N) is 2. The molecule has 1 aromatic rings. The van der Waals surface area contributed by atoms with Crippen molar-refractivity contribution < 1.29 is 14.0 Å². The molecule has 1 aliphatic rings. The van der Waals surface area contributed by atoms with Crippen LogP contribution in [0.4, 0.5) is 10.1 Å². The lowest BCUT2D eigenvalue weighted by Gasteiger charge is -2.23. The monoisotopic (exact) mass is 264 g/mol. The summed E-state index contributed by atoms with van der Waals surface area (Å²) in [5, 5.41) is 5.12. The number of imide groups is 1. The molecule has 2 amide bonds. The Morgan fingerprint density at radius 2 is 2.11 bits per heavy atom. The fourth-order valence-electron chi connectivity index (χ4n) is 2.03. The molecule has 5 heteroatoms. The fourth-order valence-corrected chi connectivity index (χ4v) is 2.03. The predicted molar refractivity (Wildman–Crippen MR) is 70.3 cm³/mol. The van der Waals surface area contributed by atoms with Crippen molar-refractivity contribution in [3.63, 3.8) is 0 Å². The second-order valence-corrected chi connectivity index (χ2v) is 5.04. The Morgan fingerprint density at radius 1 is 1.37 bits per heavy atom. The average Bonchev–Trinajstić information content (AvgIpc) is 2.34. The van der Waals surface area contributed by atoms with Crippen molar-refractivity contribution in [3.05, 3.63) is 29.6 Å². The summed E-state index contributed by atoms with van der Waals surface area (Å²) in [4.78, 5) is 22.7. The van der Waals surface area contributed by atoms with Crippen molar-refractivity contribution >= 4 is 17.5 Å². The number of benzene rings is 1. The van der Waals surface area contributed by atoms with E-state index in [9.17, 15) is 14.0 Å². The molecule has 0 unspecified atom stereocenters. The van der Waals surface area contributed by atoms with Crippen LogP contribution in [0.5, 0.6) is 0 Å². The summed E-state index contributed by atoms with van der Waals surface area (Å²) < 4.78 is 13.7. The molecule has 0 saturated carbocycles. The van der Waals surface area contributed by atoms with Crippen LogP contribution in [-0.4, -0.2) is 17.9 Å². The topological polar surface area (TPSA) is 58.2 Å². The minimum absolute atomic E-state index is 0.273. The minimum Gasteiger partial charge on any atom is -0.371 e. The fraction of sp³-hybridized carbons (Fsp3) is 0.429. The molecule has 1 atom stereocenters. The predicted octanol–water partition coefficient (Wildman–Crippen LogP) is 2.17. The Labute approximate surface area is 111 Å². The number of hydrogen-bond acceptors (Lipinski definition) is 3. The first-order valence-electron chi connectivity index (χ1n) is 6.37. The molecule has 2 N–H and O–H groups in total. The van der Waals surface area contributed by atoms with E-state index in [0.717, 1.165) is 5.56 Å². The van der Waals surface area contributed by atoms with Gasteiger partial charge in [-0.2, -0.15) is 0 Å². The Balaban J connectivity index is 2.16. The van der Waals surface area contributed by atoms with Gasteiger partial charge in [0.2, 0.25) is 11.8 Å². The van der Waals surface area contributed by atoms with Gasteiger partial charge in [0.15, 0.2) is 0 Å². The van der Waals surface area contributed by atoms with Gasteiger partial charge in [-0.3, -0.25) is 14.9 Å². The van der Waals surface area contributed by atoms with Crippen molar-refractivity contribution in [1.82, 2.24) is 5.32 Å². The van der Waals surface area contributed by atoms with Gasteiger partial charge in [0.05, 0.1) is 5.69 Å². The average molecular weight is 264 g/mol. The largest absolute Gasteiger partial charge is 0.371 e. The maximum atomic E-state index is 13.7. The number of amides is 2. The van der Waals surface area contributed by atoms with Crippen LogP contribution in [-0.2, 0) is 9.59 Å². The van der Waals surface area contributed by atoms with E-state index in [1.807, 2.05) is 13.8 Å². The van der Waals surface area contributed by atoms with Crippen molar-refractivity contribution in [2.24, 2.45) is 0 Å². The molecular weight excluding hydrogens is 247 g/mol. The smallest absolute Gasteiger partial charge is 0.249 e. The van der Waals surface area contributed by atoms with Crippen molar-refractivity contribution in [2.75, 3.05) is 5.32 Å². The number of rotatable bonds is 3. The third-order valence-electron chi connectivity index (χ3n) is 3.23. The van der Waals surface area contributed by atoms with Gasteiger partial charge in [-0.1, -0.05) is 19.9 Å². The SMILES string of the molecule is CC(C)c1ccc(F)c(N[C@@H]2CCC(=O)NC2=O)c1. The molecule has 2 rings (SSSR count).